The number of hydrogen-bond acceptors (Lipinski definition) is 5. The minimum absolute atomic E-state index is 0.112. The first-order valence-electron chi connectivity index (χ1n) is 12.2. The minimum Gasteiger partial charge on any atom is -0.485 e. The minimum atomic E-state index is -1.17. The summed E-state index contributed by atoms with van der Waals surface area (Å²) in [6.45, 7) is 4.72. The van der Waals surface area contributed by atoms with Gasteiger partial charge < -0.3 is 15.8 Å². The lowest BCUT2D eigenvalue weighted by molar-refractivity contribution is -0.132. The Kier molecular flexibility index (Phi) is 6.00. The highest BCUT2D eigenvalue weighted by atomic mass is 16.5. The maximum absolute atomic E-state index is 13.6. The Morgan fingerprint density at radius 1 is 1.11 bits per heavy atom. The number of nitrogens with one attached hydrogen (secondary N) is 1. The molecule has 3 N–H and O–H groups in total. The third-order valence-electron chi connectivity index (χ3n) is 6.78. The van der Waals surface area contributed by atoms with Crippen molar-refractivity contribution in [3.63, 3.8) is 0 Å². The van der Waals surface area contributed by atoms with Gasteiger partial charge in [-0.2, -0.15) is 0 Å². The van der Waals surface area contributed by atoms with Gasteiger partial charge in [-0.15, -0.1) is 0 Å². The molecule has 3 aromatic rings. The second kappa shape index (κ2) is 9.15. The van der Waals surface area contributed by atoms with Crippen LogP contribution in [0.4, 0.5) is 0 Å². The van der Waals surface area contributed by atoms with Gasteiger partial charge in [0.05, 0.1) is 0 Å². The summed E-state index contributed by atoms with van der Waals surface area (Å²) in [4.78, 5) is 32.3. The van der Waals surface area contributed by atoms with Crippen LogP contribution in [0.15, 0.2) is 77.8 Å². The molecule has 2 amide bonds. The van der Waals surface area contributed by atoms with Crippen LogP contribution < -0.4 is 15.8 Å². The van der Waals surface area contributed by atoms with E-state index in [2.05, 4.69) is 19.2 Å². The monoisotopic (exact) mass is 482 g/mol. The maximum atomic E-state index is 13.6. The number of carbonyl (C=O) groups is 2. The number of fused-ring (bicyclic) bond motifs is 2. The first-order chi connectivity index (χ1) is 17.3. The van der Waals surface area contributed by atoms with Gasteiger partial charge in [0, 0.05) is 31.1 Å². The highest BCUT2D eigenvalue weighted by molar-refractivity contribution is 6.07. The number of hydrogen-bond donors (Lipinski definition) is 2. The van der Waals surface area contributed by atoms with Crippen molar-refractivity contribution in [3.8, 4) is 16.9 Å². The smallest absolute Gasteiger partial charge is 0.261 e. The van der Waals surface area contributed by atoms with Crippen LogP contribution in [-0.2, 0) is 10.3 Å². The molecule has 0 aromatic heterocycles. The third kappa shape index (κ3) is 4.11. The molecule has 2 heterocycles. The van der Waals surface area contributed by atoms with E-state index in [0.29, 0.717) is 35.8 Å². The van der Waals surface area contributed by atoms with Gasteiger partial charge in [-0.25, -0.2) is 4.99 Å². The predicted molar refractivity (Wildman–Crippen MR) is 140 cm³/mol. The van der Waals surface area contributed by atoms with E-state index < -0.39 is 5.54 Å². The number of carbonyl (C=O) groups excluding carboxylic acids is 2. The molecule has 184 valence electrons. The second-order valence-corrected chi connectivity index (χ2v) is 9.81. The summed E-state index contributed by atoms with van der Waals surface area (Å²) in [5.41, 5.74) is 8.94. The number of guanidine groups is 1. The van der Waals surface area contributed by atoms with Crippen LogP contribution in [0.2, 0.25) is 0 Å². The van der Waals surface area contributed by atoms with Crippen molar-refractivity contribution in [1.82, 2.24) is 10.2 Å². The Morgan fingerprint density at radius 3 is 2.56 bits per heavy atom. The number of benzene rings is 3. The van der Waals surface area contributed by atoms with Gasteiger partial charge in [-0.05, 0) is 46.9 Å². The van der Waals surface area contributed by atoms with Crippen molar-refractivity contribution in [2.75, 3.05) is 13.6 Å². The van der Waals surface area contributed by atoms with Crippen LogP contribution in [0.1, 0.15) is 47.9 Å². The van der Waals surface area contributed by atoms with Gasteiger partial charge in [0.15, 0.2) is 11.5 Å². The first-order valence-corrected chi connectivity index (χ1v) is 12.2. The molecular formula is C29H30N4O3. The number of likely N-dealkylation sites (N-methyl/N-ethyl adjacent to an activating group) is 1. The lowest BCUT2D eigenvalue weighted by Crippen LogP contribution is -2.43. The summed E-state index contributed by atoms with van der Waals surface area (Å²) in [7, 11) is 1.64. The highest BCUT2D eigenvalue weighted by Gasteiger charge is 2.53. The number of nitrogens with two attached hydrogens (primary N) is 1. The quantitative estimate of drug-likeness (QED) is 0.568. The van der Waals surface area contributed by atoms with Crippen LogP contribution in [-0.4, -0.2) is 36.3 Å². The van der Waals surface area contributed by atoms with Gasteiger partial charge in [0.1, 0.15) is 11.9 Å². The lowest BCUT2D eigenvalue weighted by atomic mass is 9.79. The summed E-state index contributed by atoms with van der Waals surface area (Å²) in [6.07, 6.45) is -0.000777. The van der Waals surface area contributed by atoms with Gasteiger partial charge in [0.2, 0.25) is 0 Å². The van der Waals surface area contributed by atoms with Crippen molar-refractivity contribution in [1.29, 1.82) is 0 Å². The van der Waals surface area contributed by atoms with E-state index in [4.69, 9.17) is 15.5 Å². The van der Waals surface area contributed by atoms with Crippen molar-refractivity contribution in [2.24, 2.45) is 16.6 Å². The van der Waals surface area contributed by atoms with Crippen LogP contribution in [0.3, 0.4) is 0 Å². The van der Waals surface area contributed by atoms with Crippen molar-refractivity contribution >= 4 is 17.8 Å². The molecule has 0 radical (unpaired) electrons. The van der Waals surface area contributed by atoms with Crippen LogP contribution in [0.25, 0.3) is 11.1 Å². The van der Waals surface area contributed by atoms with E-state index in [0.717, 1.165) is 16.7 Å². The Bertz CT molecular complexity index is 1350. The van der Waals surface area contributed by atoms with E-state index in [-0.39, 0.29) is 23.9 Å². The summed E-state index contributed by atoms with van der Waals surface area (Å²) in [6, 6.07) is 23.1. The average Bonchev–Trinajstić information content (AvgIpc) is 3.11. The third-order valence-corrected chi connectivity index (χ3v) is 6.78. The van der Waals surface area contributed by atoms with Crippen molar-refractivity contribution < 1.29 is 14.3 Å². The second-order valence-electron chi connectivity index (χ2n) is 9.81. The molecule has 0 saturated carbocycles. The molecule has 2 atom stereocenters. The molecule has 1 spiro atoms. The van der Waals surface area contributed by atoms with Gasteiger partial charge in [0.25, 0.3) is 11.8 Å². The molecule has 2 aliphatic heterocycles. The van der Waals surface area contributed by atoms with Crippen LogP contribution in [0.5, 0.6) is 5.75 Å². The van der Waals surface area contributed by atoms with Gasteiger partial charge in [-0.3, -0.25) is 14.5 Å². The topological polar surface area (TPSA) is 97.0 Å². The molecule has 2 unspecified atom stereocenters. The molecule has 3 aromatic carbocycles. The lowest BCUT2D eigenvalue weighted by Gasteiger charge is -2.37. The molecule has 0 saturated heterocycles. The normalized spacial score (nSPS) is 20.8. The van der Waals surface area contributed by atoms with E-state index in [1.165, 1.54) is 4.90 Å². The Balaban J connectivity index is 1.56. The fraction of sp³-hybridized carbons (Fsp3) is 0.276. The maximum Gasteiger partial charge on any atom is 0.261 e. The summed E-state index contributed by atoms with van der Waals surface area (Å²) >= 11 is 0. The standard InChI is InChI=1S/C29H30N4O3/c1-18(2)17-31-26(34)22-11-7-10-20(14-22)21-12-13-24-23(15-21)29(27(35)33(3)28(30)32-29)16-25(36-24)19-8-5-4-6-9-19/h4-15,18,25H,16-17H2,1-3H3,(H2,30,32)(H,31,34). The SMILES string of the molecule is CC(C)CNC(=O)c1cccc(-c2ccc3c(c2)C2(CC(c4ccccc4)O3)N=C(N)N(C)C2=O)c1. The van der Waals surface area contributed by atoms with E-state index in [9.17, 15) is 9.59 Å². The Morgan fingerprint density at radius 2 is 1.86 bits per heavy atom. The van der Waals surface area contributed by atoms with E-state index >= 15 is 0 Å². The predicted octanol–water partition coefficient (Wildman–Crippen LogP) is 4.25. The summed E-state index contributed by atoms with van der Waals surface area (Å²) in [5.74, 6) is 0.867. The Hall–Kier alpha value is -4.13. The van der Waals surface area contributed by atoms with Gasteiger partial charge >= 0.3 is 0 Å². The Labute approximate surface area is 211 Å². The van der Waals surface area contributed by atoms with E-state index in [1.54, 1.807) is 13.1 Å². The highest BCUT2D eigenvalue weighted by Crippen LogP contribution is 2.50. The fourth-order valence-corrected chi connectivity index (χ4v) is 4.81. The number of rotatable bonds is 5. The van der Waals surface area contributed by atoms with Crippen LogP contribution >= 0.6 is 0 Å². The zero-order valence-electron chi connectivity index (χ0n) is 20.7. The number of nitrogens with zero attached hydrogens (tertiary/aromatic N) is 2. The van der Waals surface area contributed by atoms with E-state index in [1.807, 2.05) is 66.7 Å². The largest absolute Gasteiger partial charge is 0.485 e. The number of ether oxygens (including phenoxy) is 1. The molecule has 0 aliphatic carbocycles. The van der Waals surface area contributed by atoms with Gasteiger partial charge in [-0.1, -0.05) is 62.4 Å². The van der Waals surface area contributed by atoms with Crippen molar-refractivity contribution in [3.05, 3.63) is 89.5 Å². The summed E-state index contributed by atoms with van der Waals surface area (Å²) in [5, 5.41) is 2.96. The molecule has 2 aliphatic rings. The molecule has 5 rings (SSSR count). The molecular weight excluding hydrogens is 452 g/mol. The molecule has 0 bridgehead atoms. The van der Waals surface area contributed by atoms with Crippen LogP contribution in [0, 0.1) is 5.92 Å². The average molecular weight is 483 g/mol. The molecule has 7 nitrogen and oxygen atoms in total. The fourth-order valence-electron chi connectivity index (χ4n) is 4.81. The zero-order valence-corrected chi connectivity index (χ0v) is 20.7. The van der Waals surface area contributed by atoms with Crippen molar-refractivity contribution in [2.45, 2.75) is 31.9 Å². The zero-order chi connectivity index (χ0) is 25.4. The molecule has 36 heavy (non-hydrogen) atoms. The number of amides is 2. The molecule has 7 heteroatoms. The number of aliphatic imine (C=N–C) groups is 1. The summed E-state index contributed by atoms with van der Waals surface area (Å²) < 4.78 is 6.39. The first kappa shape index (κ1) is 23.6. The molecule has 0 fully saturated rings.